The van der Waals surface area contributed by atoms with Gasteiger partial charge >= 0.3 is 0 Å². The van der Waals surface area contributed by atoms with Crippen molar-refractivity contribution in [3.63, 3.8) is 0 Å². The SMILES string of the molecule is O=[N+]([O-])c1ccc(Cl)c(Oc2ccccc2CBr)c1. The number of para-hydroxylation sites is 1. The number of benzene rings is 2. The first kappa shape index (κ1) is 13.8. The Bertz CT molecular complexity index is 619. The van der Waals surface area contributed by atoms with Crippen molar-refractivity contribution in [3.8, 4) is 11.5 Å². The van der Waals surface area contributed by atoms with Crippen molar-refractivity contribution in [1.29, 1.82) is 0 Å². The number of non-ortho nitro benzene ring substituents is 1. The normalized spacial score (nSPS) is 10.2. The number of nitro groups is 1. The van der Waals surface area contributed by atoms with Gasteiger partial charge < -0.3 is 4.74 Å². The molecule has 0 unspecified atom stereocenters. The molecule has 4 nitrogen and oxygen atoms in total. The summed E-state index contributed by atoms with van der Waals surface area (Å²) in [6.07, 6.45) is 0. The molecule has 6 heteroatoms. The third kappa shape index (κ3) is 3.24. The van der Waals surface area contributed by atoms with Crippen LogP contribution in [0.25, 0.3) is 0 Å². The van der Waals surface area contributed by atoms with Gasteiger partial charge in [0.05, 0.1) is 16.0 Å². The third-order valence-electron chi connectivity index (χ3n) is 2.46. The van der Waals surface area contributed by atoms with Gasteiger partial charge in [-0.2, -0.15) is 0 Å². The molecule has 2 rings (SSSR count). The lowest BCUT2D eigenvalue weighted by molar-refractivity contribution is -0.384. The predicted molar refractivity (Wildman–Crippen MR) is 77.3 cm³/mol. The summed E-state index contributed by atoms with van der Waals surface area (Å²) in [4.78, 5) is 10.3. The maximum absolute atomic E-state index is 10.7. The average Bonchev–Trinajstić information content (AvgIpc) is 2.41. The van der Waals surface area contributed by atoms with Crippen LogP contribution in [0.4, 0.5) is 5.69 Å². The van der Waals surface area contributed by atoms with Gasteiger partial charge in [-0.3, -0.25) is 10.1 Å². The highest BCUT2D eigenvalue weighted by Gasteiger charge is 2.12. The van der Waals surface area contributed by atoms with Gasteiger partial charge in [0.1, 0.15) is 5.75 Å². The van der Waals surface area contributed by atoms with Crippen molar-refractivity contribution >= 4 is 33.2 Å². The monoisotopic (exact) mass is 341 g/mol. The molecule has 0 N–H and O–H groups in total. The molecule has 2 aromatic carbocycles. The molecule has 0 aliphatic heterocycles. The molecule has 0 aliphatic carbocycles. The van der Waals surface area contributed by atoms with Gasteiger partial charge in [-0.25, -0.2) is 0 Å². The Labute approximate surface area is 123 Å². The van der Waals surface area contributed by atoms with Crippen LogP contribution >= 0.6 is 27.5 Å². The van der Waals surface area contributed by atoms with Crippen LogP contribution in [0.5, 0.6) is 11.5 Å². The molecule has 98 valence electrons. The van der Waals surface area contributed by atoms with Crippen LogP contribution in [-0.4, -0.2) is 4.92 Å². The lowest BCUT2D eigenvalue weighted by atomic mass is 10.2. The van der Waals surface area contributed by atoms with Crippen molar-refractivity contribution in [2.75, 3.05) is 0 Å². The summed E-state index contributed by atoms with van der Waals surface area (Å²) in [5.41, 5.74) is 0.876. The number of alkyl halides is 1. The molecule has 0 amide bonds. The van der Waals surface area contributed by atoms with Crippen molar-refractivity contribution in [3.05, 3.63) is 63.2 Å². The highest BCUT2D eigenvalue weighted by atomic mass is 79.9. The van der Waals surface area contributed by atoms with Crippen LogP contribution in [0.2, 0.25) is 5.02 Å². The summed E-state index contributed by atoms with van der Waals surface area (Å²) >= 11 is 9.34. The molecule has 0 atom stereocenters. The van der Waals surface area contributed by atoms with Gasteiger partial charge in [0.25, 0.3) is 5.69 Å². The van der Waals surface area contributed by atoms with E-state index in [0.29, 0.717) is 16.1 Å². The second-order valence-corrected chi connectivity index (χ2v) is 4.68. The van der Waals surface area contributed by atoms with Crippen LogP contribution in [0.1, 0.15) is 5.56 Å². The summed E-state index contributed by atoms with van der Waals surface area (Å²) in [5, 5.41) is 11.7. The number of hydrogen-bond donors (Lipinski definition) is 0. The second kappa shape index (κ2) is 6.04. The topological polar surface area (TPSA) is 52.4 Å². The molecule has 0 radical (unpaired) electrons. The van der Waals surface area contributed by atoms with Crippen molar-refractivity contribution in [2.45, 2.75) is 5.33 Å². The van der Waals surface area contributed by atoms with Crippen molar-refractivity contribution in [1.82, 2.24) is 0 Å². The van der Waals surface area contributed by atoms with E-state index in [9.17, 15) is 10.1 Å². The van der Waals surface area contributed by atoms with E-state index in [1.165, 1.54) is 18.2 Å². The number of halogens is 2. The van der Waals surface area contributed by atoms with E-state index in [0.717, 1.165) is 5.56 Å². The zero-order chi connectivity index (χ0) is 13.8. The largest absolute Gasteiger partial charge is 0.455 e. The number of nitro benzene ring substituents is 1. The summed E-state index contributed by atoms with van der Waals surface area (Å²) in [6.45, 7) is 0. The zero-order valence-corrected chi connectivity index (χ0v) is 12.0. The Morgan fingerprint density at radius 2 is 1.95 bits per heavy atom. The first-order chi connectivity index (χ1) is 9.11. The lowest BCUT2D eigenvalue weighted by Crippen LogP contribution is -1.92. The van der Waals surface area contributed by atoms with Crippen LogP contribution in [0.15, 0.2) is 42.5 Å². The molecule has 0 heterocycles. The average molecular weight is 343 g/mol. The molecule has 0 saturated carbocycles. The quantitative estimate of drug-likeness (QED) is 0.449. The van der Waals surface area contributed by atoms with E-state index in [-0.39, 0.29) is 11.4 Å². The van der Waals surface area contributed by atoms with Crippen LogP contribution in [0.3, 0.4) is 0 Å². The van der Waals surface area contributed by atoms with Crippen molar-refractivity contribution < 1.29 is 9.66 Å². The minimum atomic E-state index is -0.487. The summed E-state index contributed by atoms with van der Waals surface area (Å²) in [6, 6.07) is 11.5. The fourth-order valence-corrected chi connectivity index (χ4v) is 2.14. The Hall–Kier alpha value is -1.59. The maximum atomic E-state index is 10.7. The number of ether oxygens (including phenoxy) is 1. The standard InChI is InChI=1S/C13H9BrClNO3/c14-8-9-3-1-2-4-12(9)19-13-7-10(16(17)18)5-6-11(13)15/h1-7H,8H2. The number of hydrogen-bond acceptors (Lipinski definition) is 3. The van der Waals surface area contributed by atoms with Crippen LogP contribution < -0.4 is 4.74 Å². The molecule has 0 spiro atoms. The number of rotatable bonds is 4. The van der Waals surface area contributed by atoms with E-state index in [2.05, 4.69) is 15.9 Å². The summed E-state index contributed by atoms with van der Waals surface area (Å²) < 4.78 is 5.66. The van der Waals surface area contributed by atoms with Gasteiger partial charge in [0.15, 0.2) is 5.75 Å². The highest BCUT2D eigenvalue weighted by molar-refractivity contribution is 9.08. The van der Waals surface area contributed by atoms with Crippen LogP contribution in [0, 0.1) is 10.1 Å². The minimum Gasteiger partial charge on any atom is -0.455 e. The molecule has 2 aromatic rings. The maximum Gasteiger partial charge on any atom is 0.273 e. The predicted octanol–water partition coefficient (Wildman–Crippen LogP) is 4.94. The third-order valence-corrected chi connectivity index (χ3v) is 3.38. The van der Waals surface area contributed by atoms with E-state index < -0.39 is 4.92 Å². The Kier molecular flexibility index (Phi) is 4.39. The van der Waals surface area contributed by atoms with E-state index in [1.54, 1.807) is 6.07 Å². The Morgan fingerprint density at radius 1 is 1.21 bits per heavy atom. The summed E-state index contributed by atoms with van der Waals surface area (Å²) in [7, 11) is 0. The van der Waals surface area contributed by atoms with Crippen molar-refractivity contribution in [2.24, 2.45) is 0 Å². The molecule has 0 aromatic heterocycles. The fourth-order valence-electron chi connectivity index (χ4n) is 1.52. The van der Waals surface area contributed by atoms with Gasteiger partial charge in [-0.1, -0.05) is 45.7 Å². The van der Waals surface area contributed by atoms with E-state index >= 15 is 0 Å². The summed E-state index contributed by atoms with van der Waals surface area (Å²) in [5.74, 6) is 0.881. The molecule has 19 heavy (non-hydrogen) atoms. The lowest BCUT2D eigenvalue weighted by Gasteiger charge is -2.10. The van der Waals surface area contributed by atoms with E-state index in [1.807, 2.05) is 18.2 Å². The molecular formula is C13H9BrClNO3. The number of nitrogens with zero attached hydrogens (tertiary/aromatic N) is 1. The molecule has 0 saturated heterocycles. The van der Waals surface area contributed by atoms with Crippen LogP contribution in [-0.2, 0) is 5.33 Å². The first-order valence-electron chi connectivity index (χ1n) is 5.37. The van der Waals surface area contributed by atoms with Gasteiger partial charge in [0.2, 0.25) is 0 Å². The minimum absolute atomic E-state index is 0.0595. The van der Waals surface area contributed by atoms with Gasteiger partial charge in [0, 0.05) is 17.0 Å². The first-order valence-corrected chi connectivity index (χ1v) is 6.87. The molecular weight excluding hydrogens is 334 g/mol. The Morgan fingerprint density at radius 3 is 2.63 bits per heavy atom. The fraction of sp³-hybridized carbons (Fsp3) is 0.0769. The smallest absolute Gasteiger partial charge is 0.273 e. The molecule has 0 bridgehead atoms. The second-order valence-electron chi connectivity index (χ2n) is 3.72. The van der Waals surface area contributed by atoms with Gasteiger partial charge in [-0.15, -0.1) is 0 Å². The highest BCUT2D eigenvalue weighted by Crippen LogP contribution is 2.34. The molecule has 0 aliphatic rings. The molecule has 0 fully saturated rings. The van der Waals surface area contributed by atoms with E-state index in [4.69, 9.17) is 16.3 Å². The Balaban J connectivity index is 2.37. The van der Waals surface area contributed by atoms with Gasteiger partial charge in [-0.05, 0) is 12.1 Å². The zero-order valence-electron chi connectivity index (χ0n) is 9.68.